The number of hydrogen-bond acceptors (Lipinski definition) is 3. The van der Waals surface area contributed by atoms with Crippen molar-refractivity contribution in [2.24, 2.45) is 0 Å². The van der Waals surface area contributed by atoms with E-state index in [-0.39, 0.29) is 12.6 Å². The summed E-state index contributed by atoms with van der Waals surface area (Å²) >= 11 is 0. The number of nitrogens with zero attached hydrogens (tertiary/aromatic N) is 2. The zero-order valence-electron chi connectivity index (χ0n) is 8.72. The van der Waals surface area contributed by atoms with Gasteiger partial charge in [-0.2, -0.15) is 0 Å². The van der Waals surface area contributed by atoms with Crippen molar-refractivity contribution in [3.8, 4) is 0 Å². The van der Waals surface area contributed by atoms with Crippen molar-refractivity contribution in [3.05, 3.63) is 30.6 Å². The van der Waals surface area contributed by atoms with Crippen molar-refractivity contribution < 1.29 is 5.11 Å². The quantitative estimate of drug-likeness (QED) is 0.769. The maximum Gasteiger partial charge on any atom is 0.0958 e. The van der Waals surface area contributed by atoms with E-state index in [1.165, 1.54) is 0 Å². The molecule has 1 heterocycles. The molecule has 0 bridgehead atoms. The largest absolute Gasteiger partial charge is 0.395 e. The van der Waals surface area contributed by atoms with E-state index in [0.29, 0.717) is 0 Å². The van der Waals surface area contributed by atoms with Crippen molar-refractivity contribution >= 4 is 11.0 Å². The number of aromatic nitrogens is 2. The van der Waals surface area contributed by atoms with Gasteiger partial charge in [0.25, 0.3) is 0 Å². The molecule has 1 atom stereocenters. The number of fused-ring (bicyclic) bond motifs is 1. The summed E-state index contributed by atoms with van der Waals surface area (Å²) in [5.74, 6) is 0. The monoisotopic (exact) mass is 205 g/mol. The summed E-state index contributed by atoms with van der Waals surface area (Å²) in [6, 6.07) is 8.06. The van der Waals surface area contributed by atoms with Gasteiger partial charge in [0, 0.05) is 12.6 Å². The third kappa shape index (κ3) is 2.00. The predicted octanol–water partition coefficient (Wildman–Crippen LogP) is 0.617. The van der Waals surface area contributed by atoms with E-state index < -0.39 is 0 Å². The minimum atomic E-state index is 0.0719. The van der Waals surface area contributed by atoms with Gasteiger partial charge in [0.05, 0.1) is 24.0 Å². The zero-order chi connectivity index (χ0) is 10.7. The van der Waals surface area contributed by atoms with Crippen LogP contribution in [0, 0.1) is 0 Å². The fourth-order valence-electron chi connectivity index (χ4n) is 1.63. The Bertz CT molecular complexity index is 434. The number of para-hydroxylation sites is 2. The van der Waals surface area contributed by atoms with Gasteiger partial charge in [-0.15, -0.1) is 0 Å². The van der Waals surface area contributed by atoms with Gasteiger partial charge in [-0.25, -0.2) is 4.98 Å². The molecule has 4 heteroatoms. The Labute approximate surface area is 88.6 Å². The molecule has 0 saturated heterocycles. The highest BCUT2D eigenvalue weighted by Crippen LogP contribution is 2.11. The topological polar surface area (TPSA) is 50.1 Å². The molecule has 0 aliphatic heterocycles. The highest BCUT2D eigenvalue weighted by Gasteiger charge is 2.07. The molecule has 2 N–H and O–H groups in total. The second-order valence-corrected chi connectivity index (χ2v) is 3.55. The Morgan fingerprint density at radius 1 is 1.47 bits per heavy atom. The third-order valence-electron chi connectivity index (χ3n) is 2.57. The smallest absolute Gasteiger partial charge is 0.0958 e. The summed E-state index contributed by atoms with van der Waals surface area (Å²) in [5, 5.41) is 12.2. The van der Waals surface area contributed by atoms with Crippen LogP contribution in [0.1, 0.15) is 0 Å². The Balaban J connectivity index is 2.28. The van der Waals surface area contributed by atoms with Gasteiger partial charge in [-0.05, 0) is 19.2 Å². The Hall–Kier alpha value is -1.39. The van der Waals surface area contributed by atoms with Crippen LogP contribution in [-0.4, -0.2) is 34.4 Å². The first-order valence-corrected chi connectivity index (χ1v) is 5.03. The van der Waals surface area contributed by atoms with Crippen molar-refractivity contribution in [2.75, 3.05) is 13.7 Å². The maximum absolute atomic E-state index is 9.10. The van der Waals surface area contributed by atoms with Crippen LogP contribution in [0.5, 0.6) is 0 Å². The van der Waals surface area contributed by atoms with E-state index in [4.69, 9.17) is 5.11 Å². The van der Waals surface area contributed by atoms with Crippen LogP contribution >= 0.6 is 0 Å². The Morgan fingerprint density at radius 2 is 2.27 bits per heavy atom. The Morgan fingerprint density at radius 3 is 3.00 bits per heavy atom. The summed E-state index contributed by atoms with van der Waals surface area (Å²) in [5.41, 5.74) is 2.09. The summed E-state index contributed by atoms with van der Waals surface area (Å²) in [4.78, 5) is 4.29. The van der Waals surface area contributed by atoms with E-state index in [0.717, 1.165) is 17.6 Å². The normalized spacial score (nSPS) is 13.2. The van der Waals surface area contributed by atoms with Crippen molar-refractivity contribution in [3.63, 3.8) is 0 Å². The minimum Gasteiger partial charge on any atom is -0.395 e. The third-order valence-corrected chi connectivity index (χ3v) is 2.57. The summed E-state index contributed by atoms with van der Waals surface area (Å²) < 4.78 is 2.05. The number of nitrogens with one attached hydrogen (secondary N) is 1. The zero-order valence-corrected chi connectivity index (χ0v) is 8.72. The van der Waals surface area contributed by atoms with Crippen molar-refractivity contribution in [1.29, 1.82) is 0 Å². The van der Waals surface area contributed by atoms with Gasteiger partial charge in [-0.1, -0.05) is 12.1 Å². The molecule has 4 nitrogen and oxygen atoms in total. The van der Waals surface area contributed by atoms with E-state index in [2.05, 4.69) is 10.3 Å². The number of aliphatic hydroxyl groups is 1. The number of rotatable bonds is 4. The van der Waals surface area contributed by atoms with Crippen LogP contribution in [-0.2, 0) is 6.54 Å². The van der Waals surface area contributed by atoms with Gasteiger partial charge < -0.3 is 15.0 Å². The molecule has 2 rings (SSSR count). The van der Waals surface area contributed by atoms with Crippen LogP contribution < -0.4 is 5.32 Å². The Kier molecular flexibility index (Phi) is 2.99. The fraction of sp³-hybridized carbons (Fsp3) is 0.364. The van der Waals surface area contributed by atoms with Crippen LogP contribution in [0.3, 0.4) is 0 Å². The van der Waals surface area contributed by atoms with Gasteiger partial charge in [-0.3, -0.25) is 0 Å². The molecule has 1 aromatic heterocycles. The van der Waals surface area contributed by atoms with Crippen LogP contribution in [0.2, 0.25) is 0 Å². The average molecular weight is 205 g/mol. The molecule has 15 heavy (non-hydrogen) atoms. The molecule has 0 aliphatic carbocycles. The second kappa shape index (κ2) is 4.42. The molecule has 80 valence electrons. The standard InChI is InChI=1S/C11H15N3O/c1-12-9(7-15)6-14-8-13-10-4-2-3-5-11(10)14/h2-5,8-9,12,15H,6-7H2,1H3. The van der Waals surface area contributed by atoms with Crippen molar-refractivity contribution in [2.45, 2.75) is 12.6 Å². The first-order chi connectivity index (χ1) is 7.35. The number of aliphatic hydroxyl groups excluding tert-OH is 1. The lowest BCUT2D eigenvalue weighted by atomic mass is 10.3. The molecular weight excluding hydrogens is 190 g/mol. The number of benzene rings is 1. The molecule has 1 aromatic carbocycles. The van der Waals surface area contributed by atoms with E-state index in [1.807, 2.05) is 42.2 Å². The maximum atomic E-state index is 9.10. The van der Waals surface area contributed by atoms with Gasteiger partial charge >= 0.3 is 0 Å². The number of hydrogen-bond donors (Lipinski definition) is 2. The molecule has 0 amide bonds. The van der Waals surface area contributed by atoms with E-state index in [9.17, 15) is 0 Å². The average Bonchev–Trinajstić information content (AvgIpc) is 2.69. The highest BCUT2D eigenvalue weighted by atomic mass is 16.3. The van der Waals surface area contributed by atoms with Crippen molar-refractivity contribution in [1.82, 2.24) is 14.9 Å². The molecule has 2 aromatic rings. The second-order valence-electron chi connectivity index (χ2n) is 3.55. The van der Waals surface area contributed by atoms with Crippen LogP contribution in [0.4, 0.5) is 0 Å². The predicted molar refractivity (Wildman–Crippen MR) is 59.7 cm³/mol. The van der Waals surface area contributed by atoms with Crippen LogP contribution in [0.15, 0.2) is 30.6 Å². The molecule has 0 fully saturated rings. The number of imidazole rings is 1. The summed E-state index contributed by atoms with van der Waals surface area (Å²) in [6.07, 6.45) is 1.81. The lowest BCUT2D eigenvalue weighted by Crippen LogP contribution is -2.33. The lowest BCUT2D eigenvalue weighted by molar-refractivity contribution is 0.236. The molecule has 1 unspecified atom stereocenters. The lowest BCUT2D eigenvalue weighted by Gasteiger charge is -2.13. The highest BCUT2D eigenvalue weighted by molar-refractivity contribution is 5.74. The summed E-state index contributed by atoms with van der Waals surface area (Å²) in [7, 11) is 1.85. The molecule has 0 aliphatic rings. The molecule has 0 spiro atoms. The first-order valence-electron chi connectivity index (χ1n) is 5.03. The van der Waals surface area contributed by atoms with Gasteiger partial charge in [0.1, 0.15) is 0 Å². The number of likely N-dealkylation sites (N-methyl/N-ethyl adjacent to an activating group) is 1. The molecular formula is C11H15N3O. The molecule has 0 saturated carbocycles. The van der Waals surface area contributed by atoms with E-state index >= 15 is 0 Å². The first kappa shape index (κ1) is 10.1. The van der Waals surface area contributed by atoms with E-state index in [1.54, 1.807) is 0 Å². The fourth-order valence-corrected chi connectivity index (χ4v) is 1.63. The molecule has 0 radical (unpaired) electrons. The summed E-state index contributed by atoms with van der Waals surface area (Å²) in [6.45, 7) is 0.858. The SMILES string of the molecule is CNC(CO)Cn1cnc2ccccc21. The van der Waals surface area contributed by atoms with Gasteiger partial charge in [0.15, 0.2) is 0 Å². The minimum absolute atomic E-state index is 0.0719. The van der Waals surface area contributed by atoms with Crippen LogP contribution in [0.25, 0.3) is 11.0 Å². The van der Waals surface area contributed by atoms with Gasteiger partial charge in [0.2, 0.25) is 0 Å².